The number of nitrogens with zero attached hydrogens (tertiary/aromatic N) is 5. The third kappa shape index (κ3) is 3.52. The molecular formula is C9H5BrFN5O4S. The van der Waals surface area contributed by atoms with E-state index in [9.17, 15) is 19.3 Å². The number of carbonyl (C=O) groups is 1. The first kappa shape index (κ1) is 15.3. The average molecular weight is 378 g/mol. The Kier molecular flexibility index (Phi) is 4.47. The summed E-state index contributed by atoms with van der Waals surface area (Å²) < 4.78 is 14.4. The molecule has 0 aliphatic heterocycles. The number of tetrazole rings is 1. The van der Waals surface area contributed by atoms with Gasteiger partial charge >= 0.3 is 5.97 Å². The van der Waals surface area contributed by atoms with Gasteiger partial charge in [-0.2, -0.15) is 0 Å². The summed E-state index contributed by atoms with van der Waals surface area (Å²) in [6.07, 6.45) is 0. The minimum atomic E-state index is -1.17. The van der Waals surface area contributed by atoms with Gasteiger partial charge in [0.15, 0.2) is 0 Å². The minimum absolute atomic E-state index is 0.0351. The standard InChI is InChI=1S/C9H5BrFN5O4S/c10-4-1-7(6(16(19)20)2-5(4)11)21-9-12-13-14-15(9)3-8(17)18/h1-2H,3H2,(H,17,18). The Bertz CT molecular complexity index is 724. The second kappa shape index (κ2) is 6.13. The highest BCUT2D eigenvalue weighted by Gasteiger charge is 2.21. The summed E-state index contributed by atoms with van der Waals surface area (Å²) in [6.45, 7) is -0.495. The van der Waals surface area contributed by atoms with Gasteiger partial charge in [0.2, 0.25) is 5.16 Å². The van der Waals surface area contributed by atoms with Gasteiger partial charge in [0.1, 0.15) is 12.4 Å². The van der Waals surface area contributed by atoms with Gasteiger partial charge in [0, 0.05) is 0 Å². The van der Waals surface area contributed by atoms with Crippen molar-refractivity contribution in [3.8, 4) is 0 Å². The molecule has 2 aromatic rings. The van der Waals surface area contributed by atoms with Crippen LogP contribution in [0, 0.1) is 15.9 Å². The van der Waals surface area contributed by atoms with Crippen molar-refractivity contribution in [1.29, 1.82) is 0 Å². The molecule has 0 amide bonds. The van der Waals surface area contributed by atoms with E-state index in [1.165, 1.54) is 6.07 Å². The Hall–Kier alpha value is -2.08. The summed E-state index contributed by atoms with van der Waals surface area (Å²) >= 11 is 3.69. The van der Waals surface area contributed by atoms with E-state index < -0.39 is 28.9 Å². The molecule has 0 saturated heterocycles. The molecule has 0 aliphatic carbocycles. The summed E-state index contributed by atoms with van der Waals surface area (Å²) in [4.78, 5) is 20.9. The van der Waals surface area contributed by atoms with E-state index in [1.54, 1.807) is 0 Å². The van der Waals surface area contributed by atoms with Gasteiger partial charge in [-0.15, -0.1) is 5.10 Å². The van der Waals surface area contributed by atoms with Crippen LogP contribution in [0.25, 0.3) is 0 Å². The molecule has 0 aliphatic rings. The fourth-order valence-electron chi connectivity index (χ4n) is 1.34. The highest BCUT2D eigenvalue weighted by atomic mass is 79.9. The molecule has 0 radical (unpaired) electrons. The van der Waals surface area contributed by atoms with E-state index in [-0.39, 0.29) is 14.5 Å². The number of carboxylic acid groups (broad SMARTS) is 1. The maximum atomic E-state index is 13.4. The molecule has 9 nitrogen and oxygen atoms in total. The number of carboxylic acids is 1. The number of nitro groups is 1. The van der Waals surface area contributed by atoms with E-state index in [2.05, 4.69) is 31.5 Å². The zero-order chi connectivity index (χ0) is 15.6. The number of hydrogen-bond donors (Lipinski definition) is 1. The second-order valence-corrected chi connectivity index (χ2v) is 5.47. The topological polar surface area (TPSA) is 124 Å². The number of aromatic nitrogens is 4. The van der Waals surface area contributed by atoms with Gasteiger partial charge in [0.25, 0.3) is 5.69 Å². The Balaban J connectivity index is 2.40. The van der Waals surface area contributed by atoms with Crippen LogP contribution >= 0.6 is 27.7 Å². The molecule has 12 heteroatoms. The molecule has 0 atom stereocenters. The average Bonchev–Trinajstić information content (AvgIpc) is 2.79. The molecule has 21 heavy (non-hydrogen) atoms. The van der Waals surface area contributed by atoms with Crippen molar-refractivity contribution in [2.45, 2.75) is 16.6 Å². The van der Waals surface area contributed by atoms with Crippen LogP contribution in [-0.2, 0) is 11.3 Å². The molecule has 1 N–H and O–H groups in total. The van der Waals surface area contributed by atoms with Crippen molar-refractivity contribution in [3.63, 3.8) is 0 Å². The zero-order valence-corrected chi connectivity index (χ0v) is 12.3. The van der Waals surface area contributed by atoms with E-state index in [0.717, 1.165) is 22.5 Å². The SMILES string of the molecule is O=C(O)Cn1nnnc1Sc1cc(Br)c(F)cc1[N+](=O)[O-]. The first-order valence-corrected chi connectivity index (χ1v) is 6.78. The molecule has 0 fully saturated rings. The number of nitro benzene ring substituents is 1. The maximum Gasteiger partial charge on any atom is 0.325 e. The van der Waals surface area contributed by atoms with E-state index in [1.807, 2.05) is 0 Å². The molecule has 0 unspecified atom stereocenters. The van der Waals surface area contributed by atoms with Crippen molar-refractivity contribution in [2.75, 3.05) is 0 Å². The highest BCUT2D eigenvalue weighted by Crippen LogP contribution is 2.36. The minimum Gasteiger partial charge on any atom is -0.480 e. The van der Waals surface area contributed by atoms with Gasteiger partial charge in [-0.05, 0) is 44.2 Å². The Morgan fingerprint density at radius 1 is 1.57 bits per heavy atom. The lowest BCUT2D eigenvalue weighted by atomic mass is 10.3. The smallest absolute Gasteiger partial charge is 0.325 e. The number of hydrogen-bond acceptors (Lipinski definition) is 7. The molecule has 1 aromatic carbocycles. The van der Waals surface area contributed by atoms with E-state index >= 15 is 0 Å². The Morgan fingerprint density at radius 2 is 2.29 bits per heavy atom. The van der Waals surface area contributed by atoms with Crippen LogP contribution < -0.4 is 0 Å². The maximum absolute atomic E-state index is 13.4. The number of rotatable bonds is 5. The zero-order valence-electron chi connectivity index (χ0n) is 9.93. The van der Waals surface area contributed by atoms with Crippen molar-refractivity contribution >= 4 is 39.3 Å². The number of benzene rings is 1. The van der Waals surface area contributed by atoms with Crippen molar-refractivity contribution in [1.82, 2.24) is 20.2 Å². The van der Waals surface area contributed by atoms with Crippen LogP contribution in [0.1, 0.15) is 0 Å². The van der Waals surface area contributed by atoms with Crippen LogP contribution in [0.2, 0.25) is 0 Å². The molecule has 1 heterocycles. The molecule has 2 rings (SSSR count). The quantitative estimate of drug-likeness (QED) is 0.616. The normalized spacial score (nSPS) is 10.6. The van der Waals surface area contributed by atoms with Crippen LogP contribution in [-0.4, -0.2) is 36.2 Å². The fraction of sp³-hybridized carbons (Fsp3) is 0.111. The van der Waals surface area contributed by atoms with E-state index in [4.69, 9.17) is 5.11 Å². The van der Waals surface area contributed by atoms with Crippen molar-refractivity contribution in [2.24, 2.45) is 0 Å². The third-order valence-corrected chi connectivity index (χ3v) is 3.81. The highest BCUT2D eigenvalue weighted by molar-refractivity contribution is 9.10. The summed E-state index contributed by atoms with van der Waals surface area (Å²) in [5.74, 6) is -1.95. The lowest BCUT2D eigenvalue weighted by Crippen LogP contribution is -2.11. The van der Waals surface area contributed by atoms with Gasteiger partial charge in [-0.1, -0.05) is 0 Å². The first-order chi connectivity index (χ1) is 9.88. The lowest BCUT2D eigenvalue weighted by molar-refractivity contribution is -0.387. The van der Waals surface area contributed by atoms with Crippen molar-refractivity contribution in [3.05, 3.63) is 32.5 Å². The molecule has 110 valence electrons. The largest absolute Gasteiger partial charge is 0.480 e. The third-order valence-electron chi connectivity index (χ3n) is 2.18. The van der Waals surface area contributed by atoms with Crippen LogP contribution in [0.4, 0.5) is 10.1 Å². The summed E-state index contributed by atoms with van der Waals surface area (Å²) in [5.41, 5.74) is -0.467. The molecule has 0 saturated carbocycles. The van der Waals surface area contributed by atoms with Gasteiger partial charge in [-0.25, -0.2) is 9.07 Å². The fourth-order valence-corrected chi connectivity index (χ4v) is 2.73. The van der Waals surface area contributed by atoms with Gasteiger partial charge in [0.05, 0.1) is 20.4 Å². The van der Waals surface area contributed by atoms with Gasteiger partial charge < -0.3 is 5.11 Å². The van der Waals surface area contributed by atoms with E-state index in [0.29, 0.717) is 0 Å². The second-order valence-electron chi connectivity index (χ2n) is 3.61. The summed E-state index contributed by atoms with van der Waals surface area (Å²) in [7, 11) is 0. The number of halogens is 2. The predicted molar refractivity (Wildman–Crippen MR) is 70.3 cm³/mol. The van der Waals surface area contributed by atoms with Crippen LogP contribution in [0.15, 0.2) is 26.7 Å². The predicted octanol–water partition coefficient (Wildman–Crippen LogP) is 1.72. The van der Waals surface area contributed by atoms with Crippen molar-refractivity contribution < 1.29 is 19.2 Å². The molecular weight excluding hydrogens is 373 g/mol. The molecule has 0 bridgehead atoms. The van der Waals surface area contributed by atoms with Gasteiger partial charge in [-0.3, -0.25) is 14.9 Å². The lowest BCUT2D eigenvalue weighted by Gasteiger charge is -2.04. The Morgan fingerprint density at radius 3 is 2.90 bits per heavy atom. The first-order valence-electron chi connectivity index (χ1n) is 5.17. The summed E-state index contributed by atoms with van der Waals surface area (Å²) in [5, 5.41) is 30.0. The monoisotopic (exact) mass is 377 g/mol. The summed E-state index contributed by atoms with van der Waals surface area (Å²) in [6, 6.07) is 1.97. The number of aliphatic carboxylic acids is 1. The Labute approximate surface area is 128 Å². The molecule has 1 aromatic heterocycles. The van der Waals surface area contributed by atoms with Crippen LogP contribution in [0.5, 0.6) is 0 Å². The van der Waals surface area contributed by atoms with Crippen LogP contribution in [0.3, 0.4) is 0 Å². The molecule has 0 spiro atoms.